The molecule has 4 rings (SSSR count). The van der Waals surface area contributed by atoms with Crippen molar-refractivity contribution < 1.29 is 4.74 Å². The summed E-state index contributed by atoms with van der Waals surface area (Å²) >= 11 is 6.04. The number of ether oxygens (including phenoxy) is 1. The minimum atomic E-state index is 0.323. The van der Waals surface area contributed by atoms with Crippen LogP contribution < -0.4 is 5.73 Å². The van der Waals surface area contributed by atoms with E-state index in [0.717, 1.165) is 56.3 Å². The molecule has 0 saturated carbocycles. The molecule has 3 heterocycles. The lowest BCUT2D eigenvalue weighted by Gasteiger charge is -2.39. The second kappa shape index (κ2) is 8.17. The molecule has 146 valence electrons. The Bertz CT molecular complexity index is 712. The van der Waals surface area contributed by atoms with Crippen LogP contribution >= 0.6 is 11.6 Å². The fourth-order valence-corrected chi connectivity index (χ4v) is 4.65. The van der Waals surface area contributed by atoms with Crippen molar-refractivity contribution in [2.75, 3.05) is 33.3 Å². The first-order valence-electron chi connectivity index (χ1n) is 9.78. The van der Waals surface area contributed by atoms with E-state index >= 15 is 0 Å². The lowest BCUT2D eigenvalue weighted by Crippen LogP contribution is -2.48. The average Bonchev–Trinajstić information content (AvgIpc) is 3.30. The van der Waals surface area contributed by atoms with Crippen molar-refractivity contribution in [2.24, 2.45) is 15.7 Å². The Kier molecular flexibility index (Phi) is 5.66. The summed E-state index contributed by atoms with van der Waals surface area (Å²) in [6, 6.07) is 9.36. The first kappa shape index (κ1) is 18.7. The molecule has 0 radical (unpaired) electrons. The van der Waals surface area contributed by atoms with Gasteiger partial charge in [-0.05, 0) is 43.4 Å². The summed E-state index contributed by atoms with van der Waals surface area (Å²) in [5.74, 6) is 1.44. The normalized spacial score (nSPS) is 27.1. The summed E-state index contributed by atoms with van der Waals surface area (Å²) in [4.78, 5) is 13.7. The summed E-state index contributed by atoms with van der Waals surface area (Å²) < 4.78 is 5.71. The third-order valence-electron chi connectivity index (χ3n) is 5.98. The number of hydrogen-bond acceptors (Lipinski definition) is 6. The van der Waals surface area contributed by atoms with Crippen LogP contribution in [0.25, 0.3) is 0 Å². The maximum atomic E-state index is 6.04. The quantitative estimate of drug-likeness (QED) is 0.856. The van der Waals surface area contributed by atoms with E-state index in [4.69, 9.17) is 22.1 Å². The van der Waals surface area contributed by atoms with Gasteiger partial charge >= 0.3 is 0 Å². The molecule has 3 aliphatic heterocycles. The molecule has 0 spiro atoms. The van der Waals surface area contributed by atoms with Gasteiger partial charge in [-0.2, -0.15) is 4.99 Å². The van der Waals surface area contributed by atoms with Crippen molar-refractivity contribution in [2.45, 2.75) is 43.9 Å². The Morgan fingerprint density at radius 3 is 2.59 bits per heavy atom. The second-order valence-electron chi connectivity index (χ2n) is 7.71. The molecule has 1 aromatic rings. The number of rotatable bonds is 4. The number of amidine groups is 1. The molecule has 2 fully saturated rings. The number of nitrogens with zero attached hydrogens (tertiary/aromatic N) is 4. The highest BCUT2D eigenvalue weighted by Crippen LogP contribution is 2.30. The maximum absolute atomic E-state index is 6.04. The number of guanidine groups is 1. The molecule has 0 aliphatic carbocycles. The zero-order valence-corrected chi connectivity index (χ0v) is 16.6. The smallest absolute Gasteiger partial charge is 0.222 e. The predicted molar refractivity (Wildman–Crippen MR) is 110 cm³/mol. The van der Waals surface area contributed by atoms with E-state index in [9.17, 15) is 0 Å². The van der Waals surface area contributed by atoms with Gasteiger partial charge in [0.25, 0.3) is 0 Å². The number of halogens is 1. The molecule has 2 atom stereocenters. The van der Waals surface area contributed by atoms with Gasteiger partial charge in [0.1, 0.15) is 12.4 Å². The van der Waals surface area contributed by atoms with Crippen LogP contribution in [0.15, 0.2) is 34.3 Å². The molecule has 0 bridgehead atoms. The predicted octanol–water partition coefficient (Wildman–Crippen LogP) is 2.16. The highest BCUT2D eigenvalue weighted by Gasteiger charge is 2.38. The Balaban J connectivity index is 1.39. The van der Waals surface area contributed by atoms with E-state index in [1.807, 2.05) is 19.2 Å². The standard InChI is InChI=1S/C20H28ClN5O/c1-27-18-11-17(10-14-2-4-15(21)5-3-14)26(13-18)16-6-8-25(9-7-16)20-23-12-19(22)24-20/h2-5,16-18H,6-13H2,1H3,(H2,22,23,24)/t17?,18-/m0/s1. The van der Waals surface area contributed by atoms with Gasteiger partial charge in [-0.15, -0.1) is 0 Å². The van der Waals surface area contributed by atoms with E-state index in [1.54, 1.807) is 0 Å². The molecule has 27 heavy (non-hydrogen) atoms. The summed E-state index contributed by atoms with van der Waals surface area (Å²) in [6.45, 7) is 3.54. The van der Waals surface area contributed by atoms with Crippen molar-refractivity contribution in [3.05, 3.63) is 34.9 Å². The first-order chi connectivity index (χ1) is 13.1. The second-order valence-corrected chi connectivity index (χ2v) is 8.15. The van der Waals surface area contributed by atoms with Gasteiger partial charge in [0.2, 0.25) is 5.96 Å². The minimum Gasteiger partial charge on any atom is -0.385 e. The van der Waals surface area contributed by atoms with Crippen LogP contribution in [0.4, 0.5) is 0 Å². The largest absolute Gasteiger partial charge is 0.385 e. The van der Waals surface area contributed by atoms with Gasteiger partial charge in [0.15, 0.2) is 0 Å². The number of benzene rings is 1. The van der Waals surface area contributed by atoms with Crippen molar-refractivity contribution >= 4 is 23.4 Å². The Hall–Kier alpha value is -1.63. The van der Waals surface area contributed by atoms with Gasteiger partial charge in [0, 0.05) is 43.9 Å². The lowest BCUT2D eigenvalue weighted by atomic mass is 9.99. The van der Waals surface area contributed by atoms with Gasteiger partial charge in [-0.3, -0.25) is 4.90 Å². The van der Waals surface area contributed by atoms with Crippen molar-refractivity contribution in [3.8, 4) is 0 Å². The Morgan fingerprint density at radius 1 is 1.22 bits per heavy atom. The maximum Gasteiger partial charge on any atom is 0.222 e. The number of hydrogen-bond donors (Lipinski definition) is 1. The molecule has 2 saturated heterocycles. The van der Waals surface area contributed by atoms with Gasteiger partial charge < -0.3 is 15.4 Å². The SMILES string of the molecule is CO[C@H]1CC(Cc2ccc(Cl)cc2)N(C2CCN(C3=NCC(N)=N3)CC2)C1. The summed E-state index contributed by atoms with van der Waals surface area (Å²) in [5.41, 5.74) is 7.11. The summed E-state index contributed by atoms with van der Waals surface area (Å²) in [7, 11) is 1.83. The molecule has 7 heteroatoms. The summed E-state index contributed by atoms with van der Waals surface area (Å²) in [5, 5.41) is 0.794. The average molecular weight is 390 g/mol. The van der Waals surface area contributed by atoms with Crippen molar-refractivity contribution in [1.82, 2.24) is 9.80 Å². The Labute approximate surface area is 166 Å². The number of methoxy groups -OCH3 is 1. The molecular formula is C20H28ClN5O. The van der Waals surface area contributed by atoms with E-state index < -0.39 is 0 Å². The van der Waals surface area contributed by atoms with E-state index in [-0.39, 0.29) is 0 Å². The molecule has 6 nitrogen and oxygen atoms in total. The third kappa shape index (κ3) is 4.28. The van der Waals surface area contributed by atoms with Crippen LogP contribution in [0, 0.1) is 0 Å². The lowest BCUT2D eigenvalue weighted by molar-refractivity contribution is 0.0859. The van der Waals surface area contributed by atoms with Crippen LogP contribution in [0.3, 0.4) is 0 Å². The van der Waals surface area contributed by atoms with E-state index in [1.165, 1.54) is 5.56 Å². The zero-order chi connectivity index (χ0) is 18.8. The highest BCUT2D eigenvalue weighted by atomic mass is 35.5. The fraction of sp³-hybridized carbons (Fsp3) is 0.600. The van der Waals surface area contributed by atoms with Crippen LogP contribution in [-0.2, 0) is 11.2 Å². The molecular weight excluding hydrogens is 362 g/mol. The van der Waals surface area contributed by atoms with Gasteiger partial charge in [-0.25, -0.2) is 4.99 Å². The number of aliphatic imine (C=N–C) groups is 2. The van der Waals surface area contributed by atoms with Crippen LogP contribution in [0.1, 0.15) is 24.8 Å². The summed E-state index contributed by atoms with van der Waals surface area (Å²) in [6.07, 6.45) is 4.71. The number of likely N-dealkylation sites (tertiary alicyclic amines) is 2. The molecule has 0 aromatic heterocycles. The third-order valence-corrected chi connectivity index (χ3v) is 6.23. The Morgan fingerprint density at radius 2 is 1.96 bits per heavy atom. The van der Waals surface area contributed by atoms with Gasteiger partial charge in [0.05, 0.1) is 6.10 Å². The molecule has 1 aromatic carbocycles. The highest BCUT2D eigenvalue weighted by molar-refractivity contribution is 6.30. The van der Waals surface area contributed by atoms with Crippen LogP contribution in [-0.4, -0.2) is 73.1 Å². The molecule has 0 amide bonds. The molecule has 2 N–H and O–H groups in total. The van der Waals surface area contributed by atoms with E-state index in [2.05, 4.69) is 31.9 Å². The molecule has 1 unspecified atom stereocenters. The van der Waals surface area contributed by atoms with Crippen molar-refractivity contribution in [3.63, 3.8) is 0 Å². The van der Waals surface area contributed by atoms with Crippen LogP contribution in [0.2, 0.25) is 5.02 Å². The monoisotopic (exact) mass is 389 g/mol. The van der Waals surface area contributed by atoms with Crippen molar-refractivity contribution in [1.29, 1.82) is 0 Å². The van der Waals surface area contributed by atoms with Gasteiger partial charge in [-0.1, -0.05) is 23.7 Å². The number of nitrogens with two attached hydrogens (primary N) is 1. The minimum absolute atomic E-state index is 0.323. The number of piperidine rings is 1. The topological polar surface area (TPSA) is 66.5 Å². The zero-order valence-electron chi connectivity index (χ0n) is 15.9. The molecule has 3 aliphatic rings. The van der Waals surface area contributed by atoms with Crippen LogP contribution in [0.5, 0.6) is 0 Å². The fourth-order valence-electron chi connectivity index (χ4n) is 4.53. The first-order valence-corrected chi connectivity index (χ1v) is 10.2. The van der Waals surface area contributed by atoms with E-state index in [0.29, 0.717) is 30.6 Å².